The van der Waals surface area contributed by atoms with Crippen LogP contribution >= 0.6 is 0 Å². The van der Waals surface area contributed by atoms with Crippen LogP contribution in [0.1, 0.15) is 55.8 Å². The highest BCUT2D eigenvalue weighted by molar-refractivity contribution is 5.86. The Morgan fingerprint density at radius 1 is 1.27 bits per heavy atom. The van der Waals surface area contributed by atoms with Crippen LogP contribution in [0, 0.1) is 13.8 Å². The third-order valence-electron chi connectivity index (χ3n) is 5.92. The van der Waals surface area contributed by atoms with E-state index in [0.29, 0.717) is 31.7 Å². The van der Waals surface area contributed by atoms with Crippen molar-refractivity contribution in [1.82, 2.24) is 25.0 Å². The molecule has 30 heavy (non-hydrogen) atoms. The SMILES string of the molecule is CCCC(=O)NC1CCCN(C(=O)CCc2c(C)nc3c(c(OC)nn3C)c2C)C1. The Morgan fingerprint density at radius 2 is 2.03 bits per heavy atom. The van der Waals surface area contributed by atoms with Crippen LogP contribution in [-0.4, -0.2) is 57.7 Å². The maximum Gasteiger partial charge on any atom is 0.242 e. The number of likely N-dealkylation sites (tertiary alicyclic amines) is 1. The number of nitrogens with one attached hydrogen (secondary N) is 1. The van der Waals surface area contributed by atoms with E-state index in [1.165, 1.54) is 0 Å². The summed E-state index contributed by atoms with van der Waals surface area (Å²) in [5.74, 6) is 0.765. The van der Waals surface area contributed by atoms with E-state index in [1.54, 1.807) is 11.8 Å². The second kappa shape index (κ2) is 9.45. The van der Waals surface area contributed by atoms with Gasteiger partial charge in [-0.3, -0.25) is 9.59 Å². The molecule has 8 nitrogen and oxygen atoms in total. The zero-order valence-corrected chi connectivity index (χ0v) is 18.7. The van der Waals surface area contributed by atoms with Gasteiger partial charge in [0.15, 0.2) is 5.65 Å². The first kappa shape index (κ1) is 22.1. The number of piperidine rings is 1. The molecule has 164 valence electrons. The summed E-state index contributed by atoms with van der Waals surface area (Å²) in [5, 5.41) is 8.36. The Hall–Kier alpha value is -2.64. The number of carbonyl (C=O) groups excluding carboxylic acids is 2. The highest BCUT2D eigenvalue weighted by Crippen LogP contribution is 2.30. The van der Waals surface area contributed by atoms with Gasteiger partial charge >= 0.3 is 0 Å². The van der Waals surface area contributed by atoms with Gasteiger partial charge in [0.25, 0.3) is 0 Å². The summed E-state index contributed by atoms with van der Waals surface area (Å²) in [7, 11) is 3.46. The van der Waals surface area contributed by atoms with Crippen LogP contribution in [0.15, 0.2) is 0 Å². The highest BCUT2D eigenvalue weighted by Gasteiger charge is 2.25. The summed E-state index contributed by atoms with van der Waals surface area (Å²) >= 11 is 0. The molecule has 0 saturated carbocycles. The standard InChI is InChI=1S/C22H33N5O3/c1-6-8-18(28)24-16-9-7-12-27(13-16)19(29)11-10-17-14(2)20-21(23-15(17)3)26(4)25-22(20)30-5/h16H,6-13H2,1-5H3,(H,24,28). The number of pyridine rings is 1. The monoisotopic (exact) mass is 415 g/mol. The Balaban J connectivity index is 1.68. The quantitative estimate of drug-likeness (QED) is 0.750. The predicted octanol–water partition coefficient (Wildman–Crippen LogP) is 2.43. The van der Waals surface area contributed by atoms with E-state index in [4.69, 9.17) is 9.72 Å². The summed E-state index contributed by atoms with van der Waals surface area (Å²) in [6.45, 7) is 7.37. The summed E-state index contributed by atoms with van der Waals surface area (Å²) in [6.07, 6.45) is 4.27. The zero-order valence-electron chi connectivity index (χ0n) is 18.7. The van der Waals surface area contributed by atoms with Crippen molar-refractivity contribution < 1.29 is 14.3 Å². The number of hydrogen-bond donors (Lipinski definition) is 1. The van der Waals surface area contributed by atoms with E-state index in [1.807, 2.05) is 32.7 Å². The second-order valence-electron chi connectivity index (χ2n) is 8.13. The van der Waals surface area contributed by atoms with Crippen LogP contribution in [0.5, 0.6) is 5.88 Å². The van der Waals surface area contributed by atoms with Gasteiger partial charge in [-0.15, -0.1) is 5.10 Å². The van der Waals surface area contributed by atoms with Gasteiger partial charge in [-0.05, 0) is 50.7 Å². The molecule has 1 saturated heterocycles. The number of ether oxygens (including phenoxy) is 1. The predicted molar refractivity (Wildman–Crippen MR) is 116 cm³/mol. The fourth-order valence-electron chi connectivity index (χ4n) is 4.35. The molecule has 1 atom stereocenters. The molecule has 1 fully saturated rings. The lowest BCUT2D eigenvalue weighted by atomic mass is 9.99. The minimum absolute atomic E-state index is 0.0582. The molecular weight excluding hydrogens is 382 g/mol. The molecular formula is C22H33N5O3. The Labute approximate surface area is 178 Å². The Bertz CT molecular complexity index is 937. The highest BCUT2D eigenvalue weighted by atomic mass is 16.5. The van der Waals surface area contributed by atoms with Crippen LogP contribution < -0.4 is 10.1 Å². The molecule has 1 aliphatic heterocycles. The number of nitrogens with zero attached hydrogens (tertiary/aromatic N) is 4. The summed E-state index contributed by atoms with van der Waals surface area (Å²) < 4.78 is 7.15. The number of methoxy groups -OCH3 is 1. The Kier molecular flexibility index (Phi) is 6.95. The Morgan fingerprint density at radius 3 is 2.73 bits per heavy atom. The van der Waals surface area contributed by atoms with Crippen molar-refractivity contribution in [1.29, 1.82) is 0 Å². The lowest BCUT2D eigenvalue weighted by molar-refractivity contribution is -0.133. The zero-order chi connectivity index (χ0) is 21.8. The van der Waals surface area contributed by atoms with Gasteiger partial charge in [-0.25, -0.2) is 9.67 Å². The molecule has 1 N–H and O–H groups in total. The number of amides is 2. The third-order valence-corrected chi connectivity index (χ3v) is 5.92. The van der Waals surface area contributed by atoms with Crippen LogP contribution in [0.2, 0.25) is 0 Å². The molecule has 1 aliphatic rings. The van der Waals surface area contributed by atoms with Crippen molar-refractivity contribution >= 4 is 22.8 Å². The number of carbonyl (C=O) groups is 2. The van der Waals surface area contributed by atoms with Crippen molar-refractivity contribution in [2.75, 3.05) is 20.2 Å². The van der Waals surface area contributed by atoms with E-state index in [0.717, 1.165) is 53.7 Å². The molecule has 0 bridgehead atoms. The van der Waals surface area contributed by atoms with Gasteiger partial charge in [-0.2, -0.15) is 0 Å². The summed E-state index contributed by atoms with van der Waals surface area (Å²) in [6, 6.07) is 0.0582. The number of hydrogen-bond acceptors (Lipinski definition) is 5. The smallest absolute Gasteiger partial charge is 0.242 e. The van der Waals surface area contributed by atoms with Crippen LogP contribution in [0.4, 0.5) is 0 Å². The molecule has 3 heterocycles. The number of aryl methyl sites for hydroxylation is 3. The fraction of sp³-hybridized carbons (Fsp3) is 0.636. The molecule has 2 aromatic rings. The summed E-state index contributed by atoms with van der Waals surface area (Å²) in [4.78, 5) is 31.4. The largest absolute Gasteiger partial charge is 0.479 e. The molecule has 2 aromatic heterocycles. The van der Waals surface area contributed by atoms with Crippen molar-refractivity contribution in [2.45, 2.75) is 65.3 Å². The molecule has 3 rings (SSSR count). The van der Waals surface area contributed by atoms with Crippen LogP contribution in [0.3, 0.4) is 0 Å². The van der Waals surface area contributed by atoms with Gasteiger partial charge in [0.2, 0.25) is 17.7 Å². The van der Waals surface area contributed by atoms with Gasteiger partial charge < -0.3 is 15.0 Å². The first-order valence-corrected chi connectivity index (χ1v) is 10.8. The maximum atomic E-state index is 12.9. The van der Waals surface area contributed by atoms with Crippen molar-refractivity contribution in [2.24, 2.45) is 7.05 Å². The van der Waals surface area contributed by atoms with Crippen molar-refractivity contribution in [3.63, 3.8) is 0 Å². The van der Waals surface area contributed by atoms with Crippen molar-refractivity contribution in [3.8, 4) is 5.88 Å². The molecule has 8 heteroatoms. The van der Waals surface area contributed by atoms with Gasteiger partial charge in [0.05, 0.1) is 12.5 Å². The van der Waals surface area contributed by atoms with Gasteiger partial charge in [0.1, 0.15) is 0 Å². The average Bonchev–Trinajstić information content (AvgIpc) is 3.03. The minimum Gasteiger partial charge on any atom is -0.479 e. The van der Waals surface area contributed by atoms with Gasteiger partial charge in [0, 0.05) is 44.7 Å². The molecule has 0 aromatic carbocycles. The topological polar surface area (TPSA) is 89.3 Å². The third kappa shape index (κ3) is 4.57. The molecule has 0 spiro atoms. The molecule has 1 unspecified atom stereocenters. The molecule has 0 radical (unpaired) electrons. The fourth-order valence-corrected chi connectivity index (χ4v) is 4.35. The van der Waals surface area contributed by atoms with Crippen molar-refractivity contribution in [3.05, 3.63) is 16.8 Å². The first-order chi connectivity index (χ1) is 14.3. The van der Waals surface area contributed by atoms with Gasteiger partial charge in [-0.1, -0.05) is 6.92 Å². The molecule has 0 aliphatic carbocycles. The van der Waals surface area contributed by atoms with Crippen LogP contribution in [-0.2, 0) is 23.1 Å². The number of fused-ring (bicyclic) bond motifs is 1. The lowest BCUT2D eigenvalue weighted by Crippen LogP contribution is -2.49. The lowest BCUT2D eigenvalue weighted by Gasteiger charge is -2.33. The average molecular weight is 416 g/mol. The summed E-state index contributed by atoms with van der Waals surface area (Å²) in [5.41, 5.74) is 3.85. The molecule has 2 amide bonds. The van der Waals surface area contributed by atoms with E-state index in [-0.39, 0.29) is 17.9 Å². The van der Waals surface area contributed by atoms with E-state index < -0.39 is 0 Å². The van der Waals surface area contributed by atoms with E-state index in [2.05, 4.69) is 10.4 Å². The maximum absolute atomic E-state index is 12.9. The van der Waals surface area contributed by atoms with E-state index in [9.17, 15) is 9.59 Å². The second-order valence-corrected chi connectivity index (χ2v) is 8.13. The van der Waals surface area contributed by atoms with E-state index >= 15 is 0 Å². The number of rotatable bonds is 7. The normalized spacial score (nSPS) is 16.7. The number of aromatic nitrogens is 3. The van der Waals surface area contributed by atoms with Crippen LogP contribution in [0.25, 0.3) is 11.0 Å². The minimum atomic E-state index is 0.0582. The first-order valence-electron chi connectivity index (χ1n) is 10.8.